The molecule has 0 N–H and O–H groups in total. The van der Waals surface area contributed by atoms with Crippen molar-refractivity contribution in [2.75, 3.05) is 37.7 Å². The van der Waals surface area contributed by atoms with Crippen molar-refractivity contribution in [2.24, 2.45) is 0 Å². The van der Waals surface area contributed by atoms with Gasteiger partial charge in [-0.3, -0.25) is 0 Å². The van der Waals surface area contributed by atoms with Gasteiger partial charge >= 0.3 is 0 Å². The number of anilines is 1. The van der Waals surface area contributed by atoms with Crippen molar-refractivity contribution in [3.63, 3.8) is 0 Å². The highest BCUT2D eigenvalue weighted by Crippen LogP contribution is 2.34. The summed E-state index contributed by atoms with van der Waals surface area (Å²) in [5.41, 5.74) is 3.47. The molecule has 0 radical (unpaired) electrons. The molecule has 0 fully saturated rings. The Labute approximate surface area is 181 Å². The summed E-state index contributed by atoms with van der Waals surface area (Å²) in [5.74, 6) is 1.57. The third-order valence-corrected chi connectivity index (χ3v) is 4.98. The lowest BCUT2D eigenvalue weighted by Crippen LogP contribution is -2.29. The Balaban J connectivity index is 0.000000785. The van der Waals surface area contributed by atoms with E-state index in [0.717, 1.165) is 65.5 Å². The lowest BCUT2D eigenvalue weighted by molar-refractivity contribution is -0.402. The highest BCUT2D eigenvalue weighted by molar-refractivity contribution is 5.86. The molecular weight excluding hydrogens is 400 g/mol. The van der Waals surface area contributed by atoms with Gasteiger partial charge < -0.3 is 29.4 Å². The maximum Gasteiger partial charge on any atom is 0.203 e. The summed E-state index contributed by atoms with van der Waals surface area (Å²) in [6, 6.07) is 10.4. The van der Waals surface area contributed by atoms with E-state index in [1.807, 2.05) is 13.0 Å². The van der Waals surface area contributed by atoms with E-state index in [1.165, 1.54) is 0 Å². The largest absolute Gasteiger partial charge is 0.491 e. The summed E-state index contributed by atoms with van der Waals surface area (Å²) in [6.45, 7) is 15.0. The van der Waals surface area contributed by atoms with Crippen LogP contribution in [-0.4, -0.2) is 42.9 Å². The molecule has 31 heavy (non-hydrogen) atoms. The Morgan fingerprint density at radius 3 is 2.23 bits per heavy atom. The molecule has 0 spiro atoms. The third kappa shape index (κ3) is 5.84. The zero-order valence-electron chi connectivity index (χ0n) is 18.8. The minimum Gasteiger partial charge on any atom is -0.491 e. The average Bonchev–Trinajstić information content (AvgIpc) is 2.74. The molecule has 9 heteroatoms. The van der Waals surface area contributed by atoms with Gasteiger partial charge in [-0.25, -0.2) is 9.56 Å². The summed E-state index contributed by atoms with van der Waals surface area (Å²) in [6.07, 6.45) is 0. The van der Waals surface area contributed by atoms with E-state index < -0.39 is 5.09 Å². The van der Waals surface area contributed by atoms with Gasteiger partial charge in [-0.15, -0.1) is 0 Å². The normalized spacial score (nSPS) is 10.5. The van der Waals surface area contributed by atoms with Crippen LogP contribution in [0.25, 0.3) is 22.6 Å². The quantitative estimate of drug-likeness (QED) is 0.243. The molecule has 168 valence electrons. The first kappa shape index (κ1) is 23.9. The summed E-state index contributed by atoms with van der Waals surface area (Å²) in [7, 11) is 0. The maximum atomic E-state index is 8.25. The van der Waals surface area contributed by atoms with Crippen molar-refractivity contribution in [1.82, 2.24) is 9.56 Å². The minimum atomic E-state index is -1.75. The number of nitrogens with zero attached hydrogens (tertiary/aromatic N) is 4. The Hall–Kier alpha value is -3.36. The number of rotatable bonds is 7. The van der Waals surface area contributed by atoms with E-state index in [-0.39, 0.29) is 0 Å². The van der Waals surface area contributed by atoms with Crippen molar-refractivity contribution in [2.45, 2.75) is 34.6 Å². The number of aromatic nitrogens is 1. The van der Waals surface area contributed by atoms with Gasteiger partial charge in [0.15, 0.2) is 17.1 Å². The summed E-state index contributed by atoms with van der Waals surface area (Å²) < 4.78 is 14.5. The highest BCUT2D eigenvalue weighted by Gasteiger charge is 2.17. The molecular formula is C22H30N4O5. The Morgan fingerprint density at radius 1 is 1.03 bits per heavy atom. The molecule has 1 heterocycles. The Bertz CT molecular complexity index is 1050. The van der Waals surface area contributed by atoms with Crippen molar-refractivity contribution in [3.8, 4) is 17.2 Å². The summed E-state index contributed by atoms with van der Waals surface area (Å²) in [5, 5.41) is 15.9. The van der Waals surface area contributed by atoms with Crippen LogP contribution in [0.5, 0.6) is 5.75 Å². The van der Waals surface area contributed by atoms with Gasteiger partial charge in [0.2, 0.25) is 5.36 Å². The van der Waals surface area contributed by atoms with Crippen LogP contribution in [0.2, 0.25) is 0 Å². The van der Waals surface area contributed by atoms with E-state index >= 15 is 0 Å². The van der Waals surface area contributed by atoms with Gasteiger partial charge in [-0.1, -0.05) is 0 Å². The standard InChI is InChI=1S/C22H30N3O2.NO3/c1-6-24(7-2)16-11-12-18-19(13-16)27-21-15-17(25(8-3)9-4)14-20(26-10-5)22(21)23-18;2-1(3)4/h11-15H,6-10H2,1-5H3;/q+1;-1. The van der Waals surface area contributed by atoms with Gasteiger partial charge in [0.25, 0.3) is 0 Å². The fourth-order valence-electron chi connectivity index (χ4n) is 3.49. The lowest BCUT2D eigenvalue weighted by atomic mass is 10.2. The first-order valence-corrected chi connectivity index (χ1v) is 10.5. The topological polar surface area (TPSA) is 108 Å². The summed E-state index contributed by atoms with van der Waals surface area (Å²) >= 11 is 0. The van der Waals surface area contributed by atoms with Crippen molar-refractivity contribution in [3.05, 3.63) is 51.0 Å². The molecule has 0 atom stereocenters. The van der Waals surface area contributed by atoms with Crippen LogP contribution >= 0.6 is 0 Å². The Kier molecular flexibility index (Phi) is 8.60. The molecule has 2 aliphatic rings. The molecule has 9 nitrogen and oxygen atoms in total. The zero-order chi connectivity index (χ0) is 23.0. The first-order valence-electron chi connectivity index (χ1n) is 10.5. The smallest absolute Gasteiger partial charge is 0.203 e. The van der Waals surface area contributed by atoms with Gasteiger partial charge in [0.05, 0.1) is 17.8 Å². The van der Waals surface area contributed by atoms with E-state index in [2.05, 4.69) is 61.4 Å². The van der Waals surface area contributed by atoms with Crippen LogP contribution in [0, 0.1) is 15.3 Å². The number of ether oxygens (including phenoxy) is 1. The molecule has 0 aromatic heterocycles. The lowest BCUT2D eigenvalue weighted by Gasteiger charge is -2.22. The molecule has 1 aliphatic heterocycles. The predicted molar refractivity (Wildman–Crippen MR) is 122 cm³/mol. The van der Waals surface area contributed by atoms with E-state index in [4.69, 9.17) is 29.5 Å². The molecule has 0 amide bonds. The van der Waals surface area contributed by atoms with E-state index in [9.17, 15) is 0 Å². The van der Waals surface area contributed by atoms with Crippen LogP contribution in [0.15, 0.2) is 34.7 Å². The van der Waals surface area contributed by atoms with Crippen LogP contribution < -0.4 is 19.6 Å². The minimum absolute atomic E-state index is 0.595. The molecule has 1 aliphatic carbocycles. The zero-order valence-corrected chi connectivity index (χ0v) is 18.8. The molecule has 0 unspecified atom stereocenters. The second-order valence-electron chi connectivity index (χ2n) is 6.66. The molecule has 1 aromatic rings. The number of fused-ring (bicyclic) bond motifs is 2. The fourth-order valence-corrected chi connectivity index (χ4v) is 3.49. The van der Waals surface area contributed by atoms with Crippen LogP contribution in [0.4, 0.5) is 5.69 Å². The van der Waals surface area contributed by atoms with Gasteiger partial charge in [0, 0.05) is 37.0 Å². The number of hydrogen-bond donors (Lipinski definition) is 0. The number of hydrogen-bond acceptors (Lipinski definition) is 7. The van der Waals surface area contributed by atoms with E-state index in [1.54, 1.807) is 0 Å². The molecule has 0 bridgehead atoms. The molecule has 0 saturated carbocycles. The van der Waals surface area contributed by atoms with Crippen molar-refractivity contribution < 1.29 is 14.2 Å². The summed E-state index contributed by atoms with van der Waals surface area (Å²) in [4.78, 5) is 15.4. The average molecular weight is 431 g/mol. The highest BCUT2D eigenvalue weighted by atomic mass is 16.9. The molecule has 1 aromatic carbocycles. The van der Waals surface area contributed by atoms with Gasteiger partial charge in [-0.2, -0.15) is 0 Å². The van der Waals surface area contributed by atoms with Crippen molar-refractivity contribution >= 4 is 16.8 Å². The SMILES string of the molecule is CCOc1cc(N(CC)CC)cc2oc3cc(=[N+](CC)CC)ccc-3nc12.O=[N+]([O-])[O-]. The van der Waals surface area contributed by atoms with Crippen molar-refractivity contribution in [1.29, 1.82) is 0 Å². The third-order valence-electron chi connectivity index (χ3n) is 4.98. The van der Waals surface area contributed by atoms with Crippen LogP contribution in [0.1, 0.15) is 34.6 Å². The van der Waals surface area contributed by atoms with Crippen LogP contribution in [-0.2, 0) is 0 Å². The van der Waals surface area contributed by atoms with Crippen LogP contribution in [0.3, 0.4) is 0 Å². The monoisotopic (exact) mass is 430 g/mol. The van der Waals surface area contributed by atoms with E-state index in [0.29, 0.717) is 6.61 Å². The van der Waals surface area contributed by atoms with Gasteiger partial charge in [-0.05, 0) is 40.7 Å². The predicted octanol–water partition coefficient (Wildman–Crippen LogP) is 3.75. The molecule has 3 rings (SSSR count). The van der Waals surface area contributed by atoms with Gasteiger partial charge in [0.1, 0.15) is 24.3 Å². The fraction of sp³-hybridized carbons (Fsp3) is 0.455. The first-order chi connectivity index (χ1) is 14.9. The number of benzene rings is 2. The maximum absolute atomic E-state index is 8.25. The second kappa shape index (κ2) is 11.1. The second-order valence-corrected chi connectivity index (χ2v) is 6.66. The molecule has 0 saturated heterocycles. The Morgan fingerprint density at radius 2 is 1.68 bits per heavy atom.